The number of likely N-dealkylation sites (N-methyl/N-ethyl adjacent to an activating group) is 1. The van der Waals surface area contributed by atoms with Crippen LogP contribution in [-0.2, 0) is 6.42 Å². The highest BCUT2D eigenvalue weighted by atomic mass is 16.7. The lowest BCUT2D eigenvalue weighted by Crippen LogP contribution is -2.35. The fraction of sp³-hybridized carbons (Fsp3) is 0.625. The molecule has 1 aromatic carbocycles. The lowest BCUT2D eigenvalue weighted by molar-refractivity contribution is 0.174. The van der Waals surface area contributed by atoms with E-state index in [1.165, 1.54) is 31.5 Å². The van der Waals surface area contributed by atoms with E-state index >= 15 is 0 Å². The van der Waals surface area contributed by atoms with E-state index in [0.717, 1.165) is 17.9 Å². The smallest absolute Gasteiger partial charge is 0.231 e. The van der Waals surface area contributed by atoms with E-state index in [1.807, 2.05) is 6.07 Å². The fourth-order valence-corrected chi connectivity index (χ4v) is 3.08. The van der Waals surface area contributed by atoms with Gasteiger partial charge >= 0.3 is 0 Å². The topological polar surface area (TPSA) is 33.7 Å². The van der Waals surface area contributed by atoms with Gasteiger partial charge in [0.05, 0.1) is 0 Å². The number of aryl methyl sites for hydroxylation is 1. The first-order chi connectivity index (χ1) is 9.76. The quantitative estimate of drug-likeness (QED) is 0.892. The van der Waals surface area contributed by atoms with Gasteiger partial charge in [-0.2, -0.15) is 0 Å². The molecule has 0 aliphatic carbocycles. The molecule has 2 atom stereocenters. The van der Waals surface area contributed by atoms with Crippen LogP contribution in [0.15, 0.2) is 18.2 Å². The second-order valence-corrected chi connectivity index (χ2v) is 5.84. The Kier molecular flexibility index (Phi) is 4.13. The van der Waals surface area contributed by atoms with Gasteiger partial charge in [-0.3, -0.25) is 4.90 Å². The summed E-state index contributed by atoms with van der Waals surface area (Å²) in [4.78, 5) is 2.59. The average molecular weight is 276 g/mol. The summed E-state index contributed by atoms with van der Waals surface area (Å²) in [6.45, 7) is 5.09. The molecule has 0 saturated carbocycles. The number of likely N-dealkylation sites (tertiary alicyclic amines) is 1. The molecule has 2 aliphatic rings. The second kappa shape index (κ2) is 6.02. The molecule has 2 heterocycles. The molecule has 0 bridgehead atoms. The third-order valence-corrected chi connectivity index (χ3v) is 4.54. The summed E-state index contributed by atoms with van der Waals surface area (Å²) < 4.78 is 10.8. The molecule has 4 heteroatoms. The van der Waals surface area contributed by atoms with E-state index in [-0.39, 0.29) is 0 Å². The Bertz CT molecular complexity index is 464. The van der Waals surface area contributed by atoms with Gasteiger partial charge in [-0.05, 0) is 50.9 Å². The molecular formula is C16H24N2O2. The van der Waals surface area contributed by atoms with Crippen molar-refractivity contribution in [3.8, 4) is 11.5 Å². The number of ether oxygens (including phenoxy) is 2. The van der Waals surface area contributed by atoms with Gasteiger partial charge in [-0.15, -0.1) is 0 Å². The lowest BCUT2D eigenvalue weighted by Gasteiger charge is -2.24. The first kappa shape index (κ1) is 13.7. The largest absolute Gasteiger partial charge is 0.454 e. The molecule has 3 rings (SSSR count). The van der Waals surface area contributed by atoms with Crippen molar-refractivity contribution >= 4 is 0 Å². The summed E-state index contributed by atoms with van der Waals surface area (Å²) in [5.41, 5.74) is 1.34. The minimum absolute atomic E-state index is 0.356. The second-order valence-electron chi connectivity index (χ2n) is 5.84. The lowest BCUT2D eigenvalue weighted by atomic mass is 10.0. The highest BCUT2D eigenvalue weighted by molar-refractivity contribution is 5.44. The average Bonchev–Trinajstić information content (AvgIpc) is 3.12. The van der Waals surface area contributed by atoms with Crippen LogP contribution < -0.4 is 14.8 Å². The predicted molar refractivity (Wildman–Crippen MR) is 79.4 cm³/mol. The normalized spacial score (nSPS) is 23.2. The van der Waals surface area contributed by atoms with E-state index in [9.17, 15) is 0 Å². The molecule has 2 unspecified atom stereocenters. The van der Waals surface area contributed by atoms with Gasteiger partial charge in [0.2, 0.25) is 6.79 Å². The summed E-state index contributed by atoms with van der Waals surface area (Å²) in [5, 5.41) is 3.38. The van der Waals surface area contributed by atoms with Crippen molar-refractivity contribution in [2.75, 3.05) is 26.9 Å². The first-order valence-electron chi connectivity index (χ1n) is 7.56. The Morgan fingerprint density at radius 3 is 3.00 bits per heavy atom. The minimum atomic E-state index is 0.356. The third-order valence-electron chi connectivity index (χ3n) is 4.54. The summed E-state index contributed by atoms with van der Waals surface area (Å²) in [6.07, 6.45) is 3.56. The van der Waals surface area contributed by atoms with Gasteiger partial charge in [0.25, 0.3) is 0 Å². The van der Waals surface area contributed by atoms with E-state index in [4.69, 9.17) is 9.47 Å². The van der Waals surface area contributed by atoms with Gasteiger partial charge in [0, 0.05) is 25.2 Å². The maximum absolute atomic E-state index is 5.43. The Morgan fingerprint density at radius 1 is 1.35 bits per heavy atom. The molecule has 1 N–H and O–H groups in total. The minimum Gasteiger partial charge on any atom is -0.454 e. The van der Waals surface area contributed by atoms with E-state index in [2.05, 4.69) is 36.3 Å². The number of hydrogen-bond acceptors (Lipinski definition) is 4. The Morgan fingerprint density at radius 2 is 2.20 bits per heavy atom. The molecule has 1 fully saturated rings. The highest BCUT2D eigenvalue weighted by Gasteiger charge is 2.24. The number of hydrogen-bond donors (Lipinski definition) is 1. The number of benzene rings is 1. The molecule has 0 radical (unpaired) electrons. The molecule has 1 aromatic rings. The summed E-state index contributed by atoms with van der Waals surface area (Å²) in [6, 6.07) is 7.60. The number of nitrogens with zero attached hydrogens (tertiary/aromatic N) is 1. The molecule has 0 spiro atoms. The van der Waals surface area contributed by atoms with Crippen LogP contribution in [0.4, 0.5) is 0 Å². The van der Waals surface area contributed by atoms with Crippen LogP contribution >= 0.6 is 0 Å². The fourth-order valence-electron chi connectivity index (χ4n) is 3.08. The van der Waals surface area contributed by atoms with Crippen molar-refractivity contribution in [1.29, 1.82) is 0 Å². The van der Waals surface area contributed by atoms with Crippen LogP contribution in [0.1, 0.15) is 25.3 Å². The van der Waals surface area contributed by atoms with Crippen LogP contribution in [0.25, 0.3) is 0 Å². The van der Waals surface area contributed by atoms with E-state index in [0.29, 0.717) is 18.9 Å². The molecule has 0 amide bonds. The number of rotatable bonds is 5. The van der Waals surface area contributed by atoms with E-state index < -0.39 is 0 Å². The number of nitrogens with one attached hydrogen (secondary N) is 1. The Hall–Kier alpha value is -1.26. The summed E-state index contributed by atoms with van der Waals surface area (Å²) >= 11 is 0. The highest BCUT2D eigenvalue weighted by Crippen LogP contribution is 2.33. The van der Waals surface area contributed by atoms with Gasteiger partial charge in [-0.25, -0.2) is 0 Å². The van der Waals surface area contributed by atoms with Gasteiger partial charge in [0.1, 0.15) is 0 Å². The molecule has 1 saturated heterocycles. The molecule has 0 aromatic heterocycles. The van der Waals surface area contributed by atoms with Crippen LogP contribution in [0.3, 0.4) is 0 Å². The van der Waals surface area contributed by atoms with Gasteiger partial charge < -0.3 is 14.8 Å². The summed E-state index contributed by atoms with van der Waals surface area (Å²) in [5.74, 6) is 1.77. The third kappa shape index (κ3) is 2.91. The van der Waals surface area contributed by atoms with Crippen LogP contribution in [0.2, 0.25) is 0 Å². The van der Waals surface area contributed by atoms with Crippen LogP contribution in [0.5, 0.6) is 11.5 Å². The number of fused-ring (bicyclic) bond motifs is 1. The van der Waals surface area contributed by atoms with Crippen molar-refractivity contribution in [3.05, 3.63) is 23.8 Å². The SMILES string of the molecule is CNC1CCN(C(C)CCc2ccc3c(c2)OCO3)C1. The van der Waals surface area contributed by atoms with Crippen LogP contribution in [0, 0.1) is 0 Å². The van der Waals surface area contributed by atoms with Crippen molar-refractivity contribution in [2.24, 2.45) is 0 Å². The van der Waals surface area contributed by atoms with Crippen LogP contribution in [-0.4, -0.2) is 43.9 Å². The molecule has 2 aliphatic heterocycles. The van der Waals surface area contributed by atoms with Crippen molar-refractivity contribution in [3.63, 3.8) is 0 Å². The zero-order valence-electron chi connectivity index (χ0n) is 12.4. The van der Waals surface area contributed by atoms with Gasteiger partial charge in [0.15, 0.2) is 11.5 Å². The maximum atomic E-state index is 5.43. The first-order valence-corrected chi connectivity index (χ1v) is 7.56. The van der Waals surface area contributed by atoms with Gasteiger partial charge in [-0.1, -0.05) is 6.07 Å². The zero-order chi connectivity index (χ0) is 13.9. The Balaban J connectivity index is 1.52. The Labute approximate surface area is 121 Å². The maximum Gasteiger partial charge on any atom is 0.231 e. The zero-order valence-corrected chi connectivity index (χ0v) is 12.4. The molecule has 20 heavy (non-hydrogen) atoms. The standard InChI is InChI=1S/C16H24N2O2/c1-12(18-8-7-14(10-18)17-2)3-4-13-5-6-15-16(9-13)20-11-19-15/h5-6,9,12,14,17H,3-4,7-8,10-11H2,1-2H3. The predicted octanol–water partition coefficient (Wildman–Crippen LogP) is 2.03. The summed E-state index contributed by atoms with van der Waals surface area (Å²) in [7, 11) is 2.06. The monoisotopic (exact) mass is 276 g/mol. The molecule has 4 nitrogen and oxygen atoms in total. The molecule has 110 valence electrons. The van der Waals surface area contributed by atoms with Crippen molar-refractivity contribution in [1.82, 2.24) is 10.2 Å². The molecular weight excluding hydrogens is 252 g/mol. The van der Waals surface area contributed by atoms with E-state index in [1.54, 1.807) is 0 Å². The van der Waals surface area contributed by atoms with Crippen molar-refractivity contribution < 1.29 is 9.47 Å². The van der Waals surface area contributed by atoms with Crippen molar-refractivity contribution in [2.45, 2.75) is 38.3 Å².